The molecular weight excluding hydrogens is 226 g/mol. The Bertz CT molecular complexity index is 486. The summed E-state index contributed by atoms with van der Waals surface area (Å²) in [6.07, 6.45) is 0.539. The number of carbonyl (C=O) groups is 1. The van der Waals surface area contributed by atoms with Gasteiger partial charge < -0.3 is 0 Å². The summed E-state index contributed by atoms with van der Waals surface area (Å²) in [5.74, 6) is 0. The standard InChI is InChI=1S/C11H15NO3S/c1-11(2,3)12-16(14,15)10-7-5-4-6-9(10)8-13/h4-8,12H,1-3H3. The van der Waals surface area contributed by atoms with Crippen molar-refractivity contribution < 1.29 is 13.2 Å². The number of sulfonamides is 1. The van der Waals surface area contributed by atoms with Gasteiger partial charge in [-0.05, 0) is 26.8 Å². The second kappa shape index (κ2) is 4.35. The Morgan fingerprint density at radius 1 is 1.19 bits per heavy atom. The van der Waals surface area contributed by atoms with Gasteiger partial charge in [0, 0.05) is 11.1 Å². The van der Waals surface area contributed by atoms with Gasteiger partial charge in [-0.15, -0.1) is 0 Å². The molecule has 0 aliphatic carbocycles. The largest absolute Gasteiger partial charge is 0.298 e. The van der Waals surface area contributed by atoms with Gasteiger partial charge in [-0.25, -0.2) is 13.1 Å². The fourth-order valence-corrected chi connectivity index (χ4v) is 2.88. The summed E-state index contributed by atoms with van der Waals surface area (Å²) in [5, 5.41) is 0. The number of hydrogen-bond donors (Lipinski definition) is 1. The Kier molecular flexibility index (Phi) is 3.50. The van der Waals surface area contributed by atoms with Gasteiger partial charge in [0.05, 0.1) is 4.90 Å². The van der Waals surface area contributed by atoms with E-state index in [0.29, 0.717) is 6.29 Å². The molecule has 16 heavy (non-hydrogen) atoms. The predicted octanol–water partition coefficient (Wildman–Crippen LogP) is 1.58. The third-order valence-corrected chi connectivity index (χ3v) is 3.61. The van der Waals surface area contributed by atoms with Crippen LogP contribution < -0.4 is 4.72 Å². The van der Waals surface area contributed by atoms with Crippen LogP contribution in [-0.2, 0) is 10.0 Å². The molecule has 0 aromatic heterocycles. The van der Waals surface area contributed by atoms with Gasteiger partial charge in [-0.3, -0.25) is 4.79 Å². The summed E-state index contributed by atoms with van der Waals surface area (Å²) >= 11 is 0. The molecule has 0 bridgehead atoms. The average Bonchev–Trinajstić information content (AvgIpc) is 2.14. The third-order valence-electron chi connectivity index (χ3n) is 1.78. The molecule has 1 aromatic carbocycles. The molecule has 0 saturated carbocycles. The number of benzene rings is 1. The molecule has 0 spiro atoms. The van der Waals surface area contributed by atoms with Crippen molar-refractivity contribution in [3.8, 4) is 0 Å². The maximum absolute atomic E-state index is 12.0. The summed E-state index contributed by atoms with van der Waals surface area (Å²) < 4.78 is 26.4. The molecule has 0 aliphatic heterocycles. The van der Waals surface area contributed by atoms with Crippen LogP contribution >= 0.6 is 0 Å². The van der Waals surface area contributed by atoms with Crippen molar-refractivity contribution in [3.63, 3.8) is 0 Å². The minimum absolute atomic E-state index is 0.0138. The summed E-state index contributed by atoms with van der Waals surface area (Å²) in [4.78, 5) is 10.8. The first kappa shape index (κ1) is 12.9. The molecular formula is C11H15NO3S. The molecule has 0 atom stereocenters. The van der Waals surface area contributed by atoms with Crippen LogP contribution in [0.3, 0.4) is 0 Å². The van der Waals surface area contributed by atoms with E-state index in [1.807, 2.05) is 0 Å². The monoisotopic (exact) mass is 241 g/mol. The normalized spacial score (nSPS) is 12.4. The second-order valence-electron chi connectivity index (χ2n) is 4.51. The van der Waals surface area contributed by atoms with Crippen molar-refractivity contribution in [1.82, 2.24) is 4.72 Å². The van der Waals surface area contributed by atoms with Crippen LogP contribution in [0.5, 0.6) is 0 Å². The summed E-state index contributed by atoms with van der Waals surface area (Å²) in [6.45, 7) is 5.23. The molecule has 5 heteroatoms. The lowest BCUT2D eigenvalue weighted by atomic mass is 10.1. The molecule has 0 heterocycles. The zero-order valence-electron chi connectivity index (χ0n) is 9.52. The van der Waals surface area contributed by atoms with Crippen LogP contribution in [0.2, 0.25) is 0 Å². The molecule has 88 valence electrons. The predicted molar refractivity (Wildman–Crippen MR) is 61.9 cm³/mol. The molecule has 0 aliphatic rings. The fourth-order valence-electron chi connectivity index (χ4n) is 1.28. The van der Waals surface area contributed by atoms with Crippen LogP contribution in [0.15, 0.2) is 29.2 Å². The molecule has 0 amide bonds. The number of carbonyl (C=O) groups excluding carboxylic acids is 1. The molecule has 1 aromatic rings. The Morgan fingerprint density at radius 2 is 1.75 bits per heavy atom. The van der Waals surface area contributed by atoms with E-state index in [2.05, 4.69) is 4.72 Å². The summed E-state index contributed by atoms with van der Waals surface area (Å²) in [7, 11) is -3.64. The van der Waals surface area contributed by atoms with E-state index in [4.69, 9.17) is 0 Å². The molecule has 0 unspecified atom stereocenters. The fraction of sp³-hybridized carbons (Fsp3) is 0.364. The van der Waals surface area contributed by atoms with Crippen LogP contribution in [0.1, 0.15) is 31.1 Å². The van der Waals surface area contributed by atoms with Gasteiger partial charge in [0.25, 0.3) is 0 Å². The van der Waals surface area contributed by atoms with Crippen LogP contribution in [0, 0.1) is 0 Å². The van der Waals surface area contributed by atoms with E-state index >= 15 is 0 Å². The van der Waals surface area contributed by atoms with Gasteiger partial charge >= 0.3 is 0 Å². The Morgan fingerprint density at radius 3 is 2.25 bits per heavy atom. The summed E-state index contributed by atoms with van der Waals surface area (Å²) in [5.41, 5.74) is -0.409. The van der Waals surface area contributed by atoms with Crippen molar-refractivity contribution in [2.24, 2.45) is 0 Å². The van der Waals surface area contributed by atoms with Crippen molar-refractivity contribution in [3.05, 3.63) is 29.8 Å². The van der Waals surface area contributed by atoms with E-state index in [1.54, 1.807) is 32.9 Å². The van der Waals surface area contributed by atoms with Crippen molar-refractivity contribution in [1.29, 1.82) is 0 Å². The topological polar surface area (TPSA) is 63.2 Å². The molecule has 0 fully saturated rings. The number of aldehydes is 1. The number of rotatable bonds is 3. The van der Waals surface area contributed by atoms with Gasteiger partial charge in [0.15, 0.2) is 6.29 Å². The second-order valence-corrected chi connectivity index (χ2v) is 6.16. The molecule has 0 radical (unpaired) electrons. The molecule has 0 saturated heterocycles. The van der Waals surface area contributed by atoms with E-state index in [0.717, 1.165) is 0 Å². The highest BCUT2D eigenvalue weighted by Crippen LogP contribution is 2.15. The Hall–Kier alpha value is -1.20. The SMILES string of the molecule is CC(C)(C)NS(=O)(=O)c1ccccc1C=O. The summed E-state index contributed by atoms with van der Waals surface area (Å²) in [6, 6.07) is 6.10. The lowest BCUT2D eigenvalue weighted by Gasteiger charge is -2.20. The maximum Gasteiger partial charge on any atom is 0.241 e. The van der Waals surface area contributed by atoms with E-state index in [9.17, 15) is 13.2 Å². The highest BCUT2D eigenvalue weighted by Gasteiger charge is 2.23. The maximum atomic E-state index is 12.0. The van der Waals surface area contributed by atoms with Gasteiger partial charge in [0.1, 0.15) is 0 Å². The first-order valence-corrected chi connectivity index (χ1v) is 6.33. The first-order valence-electron chi connectivity index (χ1n) is 4.84. The average molecular weight is 241 g/mol. The van der Waals surface area contributed by atoms with Crippen LogP contribution in [-0.4, -0.2) is 20.2 Å². The number of nitrogens with one attached hydrogen (secondary N) is 1. The molecule has 1 rings (SSSR count). The zero-order valence-corrected chi connectivity index (χ0v) is 10.3. The minimum Gasteiger partial charge on any atom is -0.298 e. The van der Waals surface area contributed by atoms with Gasteiger partial charge in [-0.2, -0.15) is 0 Å². The number of hydrogen-bond acceptors (Lipinski definition) is 3. The van der Waals surface area contributed by atoms with E-state index < -0.39 is 15.6 Å². The quantitative estimate of drug-likeness (QED) is 0.817. The Labute approximate surface area is 95.7 Å². The minimum atomic E-state index is -3.64. The van der Waals surface area contributed by atoms with Crippen molar-refractivity contribution >= 4 is 16.3 Å². The van der Waals surface area contributed by atoms with Crippen LogP contribution in [0.25, 0.3) is 0 Å². The van der Waals surface area contributed by atoms with Crippen molar-refractivity contribution in [2.45, 2.75) is 31.2 Å². The lowest BCUT2D eigenvalue weighted by Crippen LogP contribution is -2.40. The lowest BCUT2D eigenvalue weighted by molar-refractivity contribution is 0.112. The Balaban J connectivity index is 3.23. The zero-order chi connectivity index (χ0) is 12.4. The van der Waals surface area contributed by atoms with Gasteiger partial charge in [-0.1, -0.05) is 18.2 Å². The highest BCUT2D eigenvalue weighted by molar-refractivity contribution is 7.89. The smallest absolute Gasteiger partial charge is 0.241 e. The molecule has 4 nitrogen and oxygen atoms in total. The van der Waals surface area contributed by atoms with Gasteiger partial charge in [0.2, 0.25) is 10.0 Å². The van der Waals surface area contributed by atoms with Crippen LogP contribution in [0.4, 0.5) is 0 Å². The molecule has 1 N–H and O–H groups in total. The highest BCUT2D eigenvalue weighted by atomic mass is 32.2. The third kappa shape index (κ3) is 3.15. The first-order chi connectivity index (χ1) is 7.26. The van der Waals surface area contributed by atoms with E-state index in [-0.39, 0.29) is 10.5 Å². The van der Waals surface area contributed by atoms with E-state index in [1.165, 1.54) is 12.1 Å². The van der Waals surface area contributed by atoms with Crippen molar-refractivity contribution in [2.75, 3.05) is 0 Å².